The van der Waals surface area contributed by atoms with Gasteiger partial charge in [-0.15, -0.1) is 0 Å². The zero-order valence-corrected chi connectivity index (χ0v) is 14.2. The molecule has 0 saturated heterocycles. The zero-order chi connectivity index (χ0) is 13.1. The third kappa shape index (κ3) is 16.4. The summed E-state index contributed by atoms with van der Waals surface area (Å²) in [5, 5.41) is 11.2. The van der Waals surface area contributed by atoms with Crippen molar-refractivity contribution in [3.8, 4) is 0 Å². The Hall–Kier alpha value is 0.380. The van der Waals surface area contributed by atoms with E-state index < -0.39 is 15.9 Å². The summed E-state index contributed by atoms with van der Waals surface area (Å²) in [4.78, 5) is 3.57. The Bertz CT molecular complexity index is 317. The van der Waals surface area contributed by atoms with Crippen LogP contribution in [0.25, 0.3) is 0 Å². The second-order valence-corrected chi connectivity index (χ2v) is 5.65. The van der Waals surface area contributed by atoms with Crippen LogP contribution in [0, 0.1) is 0 Å². The zero-order valence-electron chi connectivity index (χ0n) is 11.4. The molecule has 0 spiro atoms. The molecule has 0 heterocycles. The van der Waals surface area contributed by atoms with Gasteiger partial charge in [0.1, 0.15) is 0 Å². The van der Waals surface area contributed by atoms with Gasteiger partial charge in [0.15, 0.2) is 0 Å². The predicted octanol–water partition coefficient (Wildman–Crippen LogP) is -1.61. The summed E-state index contributed by atoms with van der Waals surface area (Å²) in [6.07, 6.45) is 6.95. The van der Waals surface area contributed by atoms with Crippen molar-refractivity contribution in [3.63, 3.8) is 0 Å². The number of rotatable bonds is 10. The summed E-state index contributed by atoms with van der Waals surface area (Å²) in [6, 6.07) is 0. The van der Waals surface area contributed by atoms with Crippen LogP contribution < -0.4 is 34.7 Å². The number of unbranched alkanes of at least 4 members (excludes halogenated alkanes) is 5. The molecular formula is C11H22NNaO4S. The normalized spacial score (nSPS) is 12.2. The van der Waals surface area contributed by atoms with E-state index in [-0.39, 0.29) is 42.0 Å². The van der Waals surface area contributed by atoms with Crippen LogP contribution in [0.4, 0.5) is 0 Å². The molecule has 0 fully saturated rings. The second-order valence-electron chi connectivity index (χ2n) is 4.08. The Balaban J connectivity index is 0. The molecule has 0 aliphatic rings. The molecule has 7 heteroatoms. The van der Waals surface area contributed by atoms with E-state index in [1.807, 2.05) is 0 Å². The average Bonchev–Trinajstić information content (AvgIpc) is 2.21. The molecule has 1 N–H and O–H groups in total. The van der Waals surface area contributed by atoms with Gasteiger partial charge in [0.05, 0.1) is 12.3 Å². The number of hydrogen-bond donors (Lipinski definition) is 1. The first kappa shape index (κ1) is 20.7. The van der Waals surface area contributed by atoms with Crippen molar-refractivity contribution >= 4 is 16.0 Å². The van der Waals surface area contributed by atoms with E-state index in [9.17, 15) is 13.5 Å². The molecule has 0 aromatic rings. The minimum atomic E-state index is -4.00. The molecule has 0 radical (unpaired) electrons. The maximum absolute atomic E-state index is 11.2. The van der Waals surface area contributed by atoms with E-state index in [1.54, 1.807) is 0 Å². The fraction of sp³-hybridized carbons (Fsp3) is 0.909. The molecule has 0 aliphatic carbocycles. The van der Waals surface area contributed by atoms with Gasteiger partial charge in [-0.3, -0.25) is 4.55 Å². The van der Waals surface area contributed by atoms with Crippen molar-refractivity contribution in [2.24, 2.45) is 4.99 Å². The van der Waals surface area contributed by atoms with Gasteiger partial charge in [-0.2, -0.15) is 8.42 Å². The number of hydrogen-bond acceptors (Lipinski definition) is 4. The average molecular weight is 287 g/mol. The van der Waals surface area contributed by atoms with Crippen molar-refractivity contribution in [2.45, 2.75) is 51.9 Å². The third-order valence-electron chi connectivity index (χ3n) is 2.38. The number of nitrogens with zero attached hydrogens (tertiary/aromatic N) is 1. The summed E-state index contributed by atoms with van der Waals surface area (Å²) in [5.41, 5.74) is 0. The molecule has 0 rings (SSSR count). The van der Waals surface area contributed by atoms with Gasteiger partial charge < -0.3 is 10.1 Å². The Morgan fingerprint density at radius 1 is 1.17 bits per heavy atom. The quantitative estimate of drug-likeness (QED) is 0.172. The first-order valence-electron chi connectivity index (χ1n) is 6.11. The fourth-order valence-electron chi connectivity index (χ4n) is 1.42. The summed E-state index contributed by atoms with van der Waals surface area (Å²) < 4.78 is 29.1. The molecule has 0 aliphatic heterocycles. The molecule has 0 atom stereocenters. The molecule has 18 heavy (non-hydrogen) atoms. The molecule has 0 unspecified atom stereocenters. The van der Waals surface area contributed by atoms with Crippen LogP contribution in [0.1, 0.15) is 51.9 Å². The Morgan fingerprint density at radius 2 is 1.72 bits per heavy atom. The van der Waals surface area contributed by atoms with E-state index >= 15 is 0 Å². The fourth-order valence-corrected chi connectivity index (χ4v) is 1.74. The van der Waals surface area contributed by atoms with Crippen molar-refractivity contribution in [3.05, 3.63) is 0 Å². The van der Waals surface area contributed by atoms with E-state index in [0.717, 1.165) is 19.3 Å². The monoisotopic (exact) mass is 287 g/mol. The van der Waals surface area contributed by atoms with Gasteiger partial charge in [0.25, 0.3) is 10.1 Å². The Labute approximate surface area is 132 Å². The van der Waals surface area contributed by atoms with Crippen LogP contribution >= 0.6 is 0 Å². The van der Waals surface area contributed by atoms with Gasteiger partial charge in [0.2, 0.25) is 0 Å². The molecule has 0 bridgehead atoms. The predicted molar refractivity (Wildman–Crippen MR) is 66.7 cm³/mol. The van der Waals surface area contributed by atoms with Crippen LogP contribution in [0.2, 0.25) is 0 Å². The van der Waals surface area contributed by atoms with Gasteiger partial charge in [-0.05, 0) is 18.7 Å². The smallest absolute Gasteiger partial charge is 0.862 e. The first-order valence-corrected chi connectivity index (χ1v) is 7.72. The van der Waals surface area contributed by atoms with E-state index in [0.29, 0.717) is 6.42 Å². The molecule has 5 nitrogen and oxygen atoms in total. The van der Waals surface area contributed by atoms with Crippen molar-refractivity contribution in [1.29, 1.82) is 0 Å². The Kier molecular flexibility index (Phi) is 14.3. The molecule has 0 saturated carbocycles. The SMILES string of the molecule is CCCCCCCCC([O-])=NCCS(=O)(=O)O.[Na+]. The van der Waals surface area contributed by atoms with Gasteiger partial charge >= 0.3 is 29.6 Å². The molecule has 0 aromatic heterocycles. The minimum absolute atomic E-state index is 0. The van der Waals surface area contributed by atoms with E-state index in [1.165, 1.54) is 19.3 Å². The molecule has 102 valence electrons. The van der Waals surface area contributed by atoms with Crippen LogP contribution in [0.5, 0.6) is 0 Å². The first-order chi connectivity index (χ1) is 7.95. The van der Waals surface area contributed by atoms with E-state index in [2.05, 4.69) is 11.9 Å². The topological polar surface area (TPSA) is 89.8 Å². The maximum atomic E-state index is 11.2. The minimum Gasteiger partial charge on any atom is -0.862 e. The van der Waals surface area contributed by atoms with Crippen LogP contribution in [-0.4, -0.2) is 31.2 Å². The standard InChI is InChI=1S/C11H23NO4S.Na/c1-2-3-4-5-6-7-8-11(13)12-9-10-17(14,15)16;/h2-10H2,1H3,(H,12,13)(H,14,15,16);/q;+1/p-1. The summed E-state index contributed by atoms with van der Waals surface area (Å²) >= 11 is 0. The summed E-state index contributed by atoms with van der Waals surface area (Å²) in [5.74, 6) is -0.751. The van der Waals surface area contributed by atoms with Gasteiger partial charge in [0, 0.05) is 0 Å². The van der Waals surface area contributed by atoms with Crippen molar-refractivity contribution in [2.75, 3.05) is 12.3 Å². The van der Waals surface area contributed by atoms with E-state index in [4.69, 9.17) is 4.55 Å². The van der Waals surface area contributed by atoms with Crippen molar-refractivity contribution < 1.29 is 47.6 Å². The van der Waals surface area contributed by atoms with Crippen LogP contribution in [-0.2, 0) is 10.1 Å². The maximum Gasteiger partial charge on any atom is 1.00 e. The van der Waals surface area contributed by atoms with Crippen LogP contribution in [0.3, 0.4) is 0 Å². The summed E-state index contributed by atoms with van der Waals surface area (Å²) in [6.45, 7) is 2.01. The third-order valence-corrected chi connectivity index (χ3v) is 3.08. The molecule has 0 aromatic carbocycles. The molecule has 0 amide bonds. The largest absolute Gasteiger partial charge is 1.00 e. The van der Waals surface area contributed by atoms with Crippen LogP contribution in [0.15, 0.2) is 4.99 Å². The van der Waals surface area contributed by atoms with Gasteiger partial charge in [-0.1, -0.05) is 39.0 Å². The summed E-state index contributed by atoms with van der Waals surface area (Å²) in [7, 11) is -4.00. The number of aliphatic imine (C=N–C) groups is 1. The van der Waals surface area contributed by atoms with Gasteiger partial charge in [-0.25, -0.2) is 0 Å². The molecular weight excluding hydrogens is 265 g/mol. The Morgan fingerprint density at radius 3 is 2.28 bits per heavy atom. The second kappa shape index (κ2) is 12.4. The van der Waals surface area contributed by atoms with Crippen molar-refractivity contribution in [1.82, 2.24) is 0 Å².